The van der Waals surface area contributed by atoms with Crippen molar-refractivity contribution in [3.63, 3.8) is 0 Å². The van der Waals surface area contributed by atoms with Crippen LogP contribution in [0.1, 0.15) is 50.9 Å². The van der Waals surface area contributed by atoms with Crippen LogP contribution in [0.25, 0.3) is 0 Å². The van der Waals surface area contributed by atoms with Crippen molar-refractivity contribution < 1.29 is 0 Å². The zero-order valence-corrected chi connectivity index (χ0v) is 13.7. The van der Waals surface area contributed by atoms with Crippen LogP contribution in [0.5, 0.6) is 0 Å². The summed E-state index contributed by atoms with van der Waals surface area (Å²) >= 11 is 3.56. The second-order valence-corrected chi connectivity index (χ2v) is 5.85. The number of hydrogen-bond donors (Lipinski definition) is 1. The molecule has 0 amide bonds. The number of aryl methyl sites for hydroxylation is 1. The molecule has 0 aliphatic carbocycles. The van der Waals surface area contributed by atoms with E-state index in [1.54, 1.807) is 0 Å². The van der Waals surface area contributed by atoms with E-state index in [-0.39, 0.29) is 0 Å². The summed E-state index contributed by atoms with van der Waals surface area (Å²) in [5.41, 5.74) is 2.29. The molecule has 1 aromatic heterocycles. The molecule has 4 heteroatoms. The van der Waals surface area contributed by atoms with E-state index >= 15 is 0 Å². The van der Waals surface area contributed by atoms with E-state index in [0.29, 0.717) is 6.04 Å². The van der Waals surface area contributed by atoms with Crippen molar-refractivity contribution in [2.45, 2.75) is 66.0 Å². The number of hydrogen-bond acceptors (Lipinski definition) is 2. The van der Waals surface area contributed by atoms with Crippen molar-refractivity contribution in [1.29, 1.82) is 0 Å². The van der Waals surface area contributed by atoms with Gasteiger partial charge in [-0.2, -0.15) is 5.10 Å². The highest BCUT2D eigenvalue weighted by molar-refractivity contribution is 9.10. The molecule has 1 aromatic rings. The zero-order chi connectivity index (χ0) is 13.5. The molecule has 0 radical (unpaired) electrons. The van der Waals surface area contributed by atoms with Crippen LogP contribution in [0.3, 0.4) is 0 Å². The maximum atomic E-state index is 4.51. The van der Waals surface area contributed by atoms with Gasteiger partial charge in [0.15, 0.2) is 0 Å². The Labute approximate surface area is 119 Å². The number of aromatic nitrogens is 2. The predicted octanol–water partition coefficient (Wildman–Crippen LogP) is 3.82. The van der Waals surface area contributed by atoms with Crippen molar-refractivity contribution >= 4 is 15.9 Å². The molecule has 1 heterocycles. The minimum Gasteiger partial charge on any atom is -0.312 e. The maximum Gasteiger partial charge on any atom is 0.0738 e. The van der Waals surface area contributed by atoms with Crippen LogP contribution in [0.4, 0.5) is 0 Å². The summed E-state index contributed by atoms with van der Waals surface area (Å²) in [7, 11) is 0. The topological polar surface area (TPSA) is 29.9 Å². The number of unbranched alkanes of at least 4 members (excludes halogenated alkanes) is 2. The molecule has 1 unspecified atom stereocenters. The van der Waals surface area contributed by atoms with Crippen LogP contribution >= 0.6 is 15.9 Å². The monoisotopic (exact) mass is 315 g/mol. The Morgan fingerprint density at radius 3 is 2.61 bits per heavy atom. The molecule has 0 saturated heterocycles. The van der Waals surface area contributed by atoms with Gasteiger partial charge in [-0.25, -0.2) is 0 Å². The number of rotatable bonds is 8. The molecular weight excluding hydrogens is 290 g/mol. The first-order valence-corrected chi connectivity index (χ1v) is 7.78. The molecule has 0 saturated carbocycles. The molecule has 18 heavy (non-hydrogen) atoms. The van der Waals surface area contributed by atoms with Gasteiger partial charge in [-0.1, -0.05) is 26.2 Å². The fraction of sp³-hybridized carbons (Fsp3) is 0.786. The van der Waals surface area contributed by atoms with Gasteiger partial charge < -0.3 is 5.32 Å². The molecule has 0 aromatic carbocycles. The largest absolute Gasteiger partial charge is 0.312 e. The normalized spacial score (nSPS) is 12.9. The van der Waals surface area contributed by atoms with Gasteiger partial charge >= 0.3 is 0 Å². The lowest BCUT2D eigenvalue weighted by atomic mass is 10.1. The summed E-state index contributed by atoms with van der Waals surface area (Å²) in [6.07, 6.45) is 5.24. The lowest BCUT2D eigenvalue weighted by molar-refractivity contribution is 0.456. The van der Waals surface area contributed by atoms with Crippen molar-refractivity contribution in [1.82, 2.24) is 15.1 Å². The van der Waals surface area contributed by atoms with Crippen LogP contribution in [0.2, 0.25) is 0 Å². The van der Waals surface area contributed by atoms with Crippen LogP contribution in [0.15, 0.2) is 4.47 Å². The Morgan fingerprint density at radius 1 is 1.33 bits per heavy atom. The Kier molecular flexibility index (Phi) is 6.94. The van der Waals surface area contributed by atoms with Crippen molar-refractivity contribution in [3.8, 4) is 0 Å². The second-order valence-electron chi connectivity index (χ2n) is 5.06. The van der Waals surface area contributed by atoms with Crippen molar-refractivity contribution in [2.75, 3.05) is 6.54 Å². The molecule has 0 fully saturated rings. The molecule has 1 atom stereocenters. The number of nitrogens with zero attached hydrogens (tertiary/aromatic N) is 2. The lowest BCUT2D eigenvalue weighted by Gasteiger charge is -2.14. The molecular formula is C14H26BrN3. The lowest BCUT2D eigenvalue weighted by Crippen LogP contribution is -2.29. The SMILES string of the molecule is CCCCCC(C)NCCn1nc(C)c(Br)c1C. The van der Waals surface area contributed by atoms with Gasteiger partial charge in [0.05, 0.1) is 16.7 Å². The smallest absolute Gasteiger partial charge is 0.0738 e. The van der Waals surface area contributed by atoms with Gasteiger partial charge in [0.2, 0.25) is 0 Å². The van der Waals surface area contributed by atoms with Crippen LogP contribution in [0, 0.1) is 13.8 Å². The molecule has 1 rings (SSSR count). The highest BCUT2D eigenvalue weighted by Gasteiger charge is 2.08. The van der Waals surface area contributed by atoms with E-state index in [1.165, 1.54) is 31.4 Å². The summed E-state index contributed by atoms with van der Waals surface area (Å²) in [5, 5.41) is 8.08. The minimum atomic E-state index is 0.608. The molecule has 3 nitrogen and oxygen atoms in total. The third kappa shape index (κ3) is 4.73. The average Bonchev–Trinajstić information content (AvgIpc) is 2.57. The summed E-state index contributed by atoms with van der Waals surface area (Å²) in [4.78, 5) is 0. The van der Waals surface area contributed by atoms with E-state index in [9.17, 15) is 0 Å². The Morgan fingerprint density at radius 2 is 2.06 bits per heavy atom. The summed E-state index contributed by atoms with van der Waals surface area (Å²) in [6.45, 7) is 10.6. The van der Waals surface area contributed by atoms with Crippen LogP contribution < -0.4 is 5.32 Å². The van der Waals surface area contributed by atoms with Crippen molar-refractivity contribution in [2.24, 2.45) is 0 Å². The molecule has 1 N–H and O–H groups in total. The highest BCUT2D eigenvalue weighted by atomic mass is 79.9. The number of halogens is 1. The fourth-order valence-electron chi connectivity index (χ4n) is 2.11. The Hall–Kier alpha value is -0.350. The third-order valence-corrected chi connectivity index (χ3v) is 4.50. The standard InChI is InChI=1S/C14H26BrN3/c1-5-6-7-8-11(2)16-9-10-18-13(4)14(15)12(3)17-18/h11,16H,5-10H2,1-4H3. The highest BCUT2D eigenvalue weighted by Crippen LogP contribution is 2.19. The first kappa shape index (κ1) is 15.7. The number of nitrogens with one attached hydrogen (secondary N) is 1. The molecule has 0 spiro atoms. The van der Waals surface area contributed by atoms with Gasteiger partial charge in [-0.15, -0.1) is 0 Å². The quantitative estimate of drug-likeness (QED) is 0.739. The van der Waals surface area contributed by atoms with E-state index in [0.717, 1.165) is 23.3 Å². The second kappa shape index (κ2) is 7.95. The van der Waals surface area contributed by atoms with Crippen LogP contribution in [-0.4, -0.2) is 22.4 Å². The third-order valence-electron chi connectivity index (χ3n) is 3.35. The molecule has 0 aliphatic rings. The van der Waals surface area contributed by atoms with Gasteiger partial charge in [0, 0.05) is 18.3 Å². The first-order valence-electron chi connectivity index (χ1n) is 6.99. The van der Waals surface area contributed by atoms with Gasteiger partial charge in [0.1, 0.15) is 0 Å². The summed E-state index contributed by atoms with van der Waals surface area (Å²) in [6, 6.07) is 0.608. The van der Waals surface area contributed by atoms with Crippen LogP contribution in [-0.2, 0) is 6.54 Å². The predicted molar refractivity (Wildman–Crippen MR) is 81.0 cm³/mol. The van der Waals surface area contributed by atoms with Gasteiger partial charge in [-0.3, -0.25) is 4.68 Å². The summed E-state index contributed by atoms with van der Waals surface area (Å²) < 4.78 is 3.21. The Bertz CT molecular complexity index is 360. The van der Waals surface area contributed by atoms with Gasteiger partial charge in [0.25, 0.3) is 0 Å². The molecule has 0 aliphatic heterocycles. The van der Waals surface area contributed by atoms with E-state index in [4.69, 9.17) is 0 Å². The minimum absolute atomic E-state index is 0.608. The summed E-state index contributed by atoms with van der Waals surface area (Å²) in [5.74, 6) is 0. The van der Waals surface area contributed by atoms with E-state index in [2.05, 4.69) is 51.8 Å². The fourth-order valence-corrected chi connectivity index (χ4v) is 2.40. The van der Waals surface area contributed by atoms with E-state index in [1.807, 2.05) is 6.92 Å². The van der Waals surface area contributed by atoms with Gasteiger partial charge in [-0.05, 0) is 43.1 Å². The zero-order valence-electron chi connectivity index (χ0n) is 12.1. The first-order chi connectivity index (χ1) is 8.56. The maximum absolute atomic E-state index is 4.51. The Balaban J connectivity index is 2.26. The average molecular weight is 316 g/mol. The van der Waals surface area contributed by atoms with Crippen molar-refractivity contribution in [3.05, 3.63) is 15.9 Å². The van der Waals surface area contributed by atoms with E-state index < -0.39 is 0 Å². The molecule has 104 valence electrons. The molecule has 0 bridgehead atoms.